The third-order valence-corrected chi connectivity index (χ3v) is 4.20. The van der Waals surface area contributed by atoms with E-state index in [-0.39, 0.29) is 5.54 Å². The van der Waals surface area contributed by atoms with Crippen molar-refractivity contribution in [1.82, 2.24) is 0 Å². The number of aromatic carboxylic acids is 1. The van der Waals surface area contributed by atoms with Crippen molar-refractivity contribution >= 4 is 5.97 Å². The van der Waals surface area contributed by atoms with E-state index >= 15 is 0 Å². The number of benzene rings is 1. The molecular formula is C15H21NO2. The Kier molecular flexibility index (Phi) is 3.44. The highest BCUT2D eigenvalue weighted by atomic mass is 16.4. The number of carboxylic acid groups (broad SMARTS) is 1. The average Bonchev–Trinajstić information content (AvgIpc) is 2.33. The predicted octanol–water partition coefficient (Wildman–Crippen LogP) is 3.12. The van der Waals surface area contributed by atoms with Gasteiger partial charge in [0.2, 0.25) is 0 Å². The molecule has 1 fully saturated rings. The molecule has 0 bridgehead atoms. The minimum absolute atomic E-state index is 0.335. The molecule has 0 aromatic heterocycles. The molecule has 1 aromatic rings. The molecule has 3 N–H and O–H groups in total. The van der Waals surface area contributed by atoms with E-state index in [0.717, 1.165) is 42.4 Å². The van der Waals surface area contributed by atoms with Gasteiger partial charge in [-0.05, 0) is 55.5 Å². The van der Waals surface area contributed by atoms with Crippen LogP contribution in [0.15, 0.2) is 12.1 Å². The molecule has 98 valence electrons. The first-order chi connectivity index (χ1) is 8.44. The highest BCUT2D eigenvalue weighted by Gasteiger charge is 2.31. The minimum Gasteiger partial charge on any atom is -0.478 e. The van der Waals surface area contributed by atoms with E-state index in [4.69, 9.17) is 10.8 Å². The minimum atomic E-state index is -0.876. The second kappa shape index (κ2) is 4.73. The molecule has 3 heteroatoms. The van der Waals surface area contributed by atoms with Gasteiger partial charge in [0.1, 0.15) is 0 Å². The van der Waals surface area contributed by atoms with Gasteiger partial charge < -0.3 is 10.8 Å². The average molecular weight is 247 g/mol. The zero-order chi connectivity index (χ0) is 13.3. The zero-order valence-corrected chi connectivity index (χ0v) is 11.1. The van der Waals surface area contributed by atoms with Crippen LogP contribution in [0.1, 0.15) is 59.2 Å². The molecule has 0 amide bonds. The summed E-state index contributed by atoms with van der Waals surface area (Å²) >= 11 is 0. The van der Waals surface area contributed by atoms with Crippen LogP contribution in [0.3, 0.4) is 0 Å². The van der Waals surface area contributed by atoms with E-state index < -0.39 is 5.97 Å². The predicted molar refractivity (Wildman–Crippen MR) is 71.8 cm³/mol. The topological polar surface area (TPSA) is 63.3 Å². The van der Waals surface area contributed by atoms with Gasteiger partial charge in [-0.3, -0.25) is 0 Å². The third kappa shape index (κ3) is 2.27. The fourth-order valence-electron chi connectivity index (χ4n) is 2.95. The molecule has 0 atom stereocenters. The first-order valence-electron chi connectivity index (χ1n) is 6.58. The van der Waals surface area contributed by atoms with Gasteiger partial charge in [-0.2, -0.15) is 0 Å². The number of carboxylic acids is 1. The number of aryl methyl sites for hydroxylation is 1. The summed E-state index contributed by atoms with van der Waals surface area (Å²) in [6.45, 7) is 4.00. The maximum absolute atomic E-state index is 11.2. The Bertz CT molecular complexity index is 474. The van der Waals surface area contributed by atoms with Crippen molar-refractivity contribution in [3.8, 4) is 0 Å². The quantitative estimate of drug-likeness (QED) is 0.844. The molecule has 3 nitrogen and oxygen atoms in total. The first-order valence-corrected chi connectivity index (χ1v) is 6.58. The Labute approximate surface area is 108 Å². The van der Waals surface area contributed by atoms with Crippen molar-refractivity contribution in [2.24, 2.45) is 5.73 Å². The SMILES string of the molecule is Cc1cc(C(=O)O)cc(C2(N)CCCCC2)c1C. The second-order valence-electron chi connectivity index (χ2n) is 5.49. The molecule has 1 saturated carbocycles. The first kappa shape index (κ1) is 13.1. The van der Waals surface area contributed by atoms with Gasteiger partial charge in [0.25, 0.3) is 0 Å². The van der Waals surface area contributed by atoms with Crippen LogP contribution in [-0.2, 0) is 5.54 Å². The molecular weight excluding hydrogens is 226 g/mol. The van der Waals surface area contributed by atoms with Crippen molar-refractivity contribution < 1.29 is 9.90 Å². The number of carbonyl (C=O) groups is 1. The monoisotopic (exact) mass is 247 g/mol. The Morgan fingerprint density at radius 2 is 1.83 bits per heavy atom. The lowest BCUT2D eigenvalue weighted by molar-refractivity contribution is 0.0696. The molecule has 1 aromatic carbocycles. The molecule has 0 saturated heterocycles. The van der Waals surface area contributed by atoms with Crippen LogP contribution in [0.5, 0.6) is 0 Å². The number of rotatable bonds is 2. The molecule has 1 aliphatic carbocycles. The number of hydrogen-bond acceptors (Lipinski definition) is 2. The van der Waals surface area contributed by atoms with Crippen LogP contribution in [0.4, 0.5) is 0 Å². The van der Waals surface area contributed by atoms with Crippen molar-refractivity contribution in [1.29, 1.82) is 0 Å². The van der Waals surface area contributed by atoms with Gasteiger partial charge in [-0.15, -0.1) is 0 Å². The maximum atomic E-state index is 11.2. The fourth-order valence-corrected chi connectivity index (χ4v) is 2.95. The summed E-state index contributed by atoms with van der Waals surface area (Å²) in [5.74, 6) is -0.876. The molecule has 0 heterocycles. The standard InChI is InChI=1S/C15H21NO2/c1-10-8-12(14(17)18)9-13(11(10)2)15(16)6-4-3-5-7-15/h8-9H,3-7,16H2,1-2H3,(H,17,18). The molecule has 0 radical (unpaired) electrons. The van der Waals surface area contributed by atoms with E-state index in [0.29, 0.717) is 5.56 Å². The van der Waals surface area contributed by atoms with Crippen LogP contribution in [0, 0.1) is 13.8 Å². The summed E-state index contributed by atoms with van der Waals surface area (Å²) in [6.07, 6.45) is 5.40. The lowest BCUT2D eigenvalue weighted by Gasteiger charge is -2.35. The maximum Gasteiger partial charge on any atom is 0.335 e. The summed E-state index contributed by atoms with van der Waals surface area (Å²) in [7, 11) is 0. The Morgan fingerprint density at radius 1 is 1.22 bits per heavy atom. The molecule has 0 spiro atoms. The second-order valence-corrected chi connectivity index (χ2v) is 5.49. The van der Waals surface area contributed by atoms with Gasteiger partial charge >= 0.3 is 5.97 Å². The van der Waals surface area contributed by atoms with Crippen LogP contribution in [0.25, 0.3) is 0 Å². The molecule has 2 rings (SSSR count). The number of hydrogen-bond donors (Lipinski definition) is 2. The van der Waals surface area contributed by atoms with Gasteiger partial charge in [0.05, 0.1) is 5.56 Å². The zero-order valence-electron chi connectivity index (χ0n) is 11.1. The molecule has 0 unspecified atom stereocenters. The van der Waals surface area contributed by atoms with Gasteiger partial charge in [-0.25, -0.2) is 4.79 Å². The highest BCUT2D eigenvalue weighted by Crippen LogP contribution is 2.37. The van der Waals surface area contributed by atoms with Gasteiger partial charge in [0.15, 0.2) is 0 Å². The summed E-state index contributed by atoms with van der Waals surface area (Å²) in [5.41, 5.74) is 9.73. The molecule has 0 aliphatic heterocycles. The molecule has 18 heavy (non-hydrogen) atoms. The van der Waals surface area contributed by atoms with Crippen LogP contribution in [-0.4, -0.2) is 11.1 Å². The molecule has 1 aliphatic rings. The fraction of sp³-hybridized carbons (Fsp3) is 0.533. The Morgan fingerprint density at radius 3 is 2.39 bits per heavy atom. The number of nitrogens with two attached hydrogens (primary N) is 1. The van der Waals surface area contributed by atoms with E-state index in [2.05, 4.69) is 0 Å². The van der Waals surface area contributed by atoms with Crippen molar-refractivity contribution in [3.63, 3.8) is 0 Å². The van der Waals surface area contributed by atoms with Crippen molar-refractivity contribution in [2.75, 3.05) is 0 Å². The van der Waals surface area contributed by atoms with Crippen molar-refractivity contribution in [2.45, 2.75) is 51.5 Å². The largest absolute Gasteiger partial charge is 0.478 e. The Hall–Kier alpha value is -1.35. The Balaban J connectivity index is 2.51. The van der Waals surface area contributed by atoms with Crippen molar-refractivity contribution in [3.05, 3.63) is 34.4 Å². The summed E-state index contributed by atoms with van der Waals surface area (Å²) in [4.78, 5) is 11.2. The van der Waals surface area contributed by atoms with Crippen LogP contribution >= 0.6 is 0 Å². The summed E-state index contributed by atoms with van der Waals surface area (Å²) < 4.78 is 0. The highest BCUT2D eigenvalue weighted by molar-refractivity contribution is 5.88. The normalized spacial score (nSPS) is 18.6. The van der Waals surface area contributed by atoms with Gasteiger partial charge in [0, 0.05) is 5.54 Å². The summed E-state index contributed by atoms with van der Waals surface area (Å²) in [5, 5.41) is 9.17. The van der Waals surface area contributed by atoms with E-state index in [9.17, 15) is 4.79 Å². The lowest BCUT2D eigenvalue weighted by Crippen LogP contribution is -2.39. The summed E-state index contributed by atoms with van der Waals surface area (Å²) in [6, 6.07) is 3.50. The van der Waals surface area contributed by atoms with Crippen LogP contribution in [0.2, 0.25) is 0 Å². The van der Waals surface area contributed by atoms with Gasteiger partial charge in [-0.1, -0.05) is 19.3 Å². The van der Waals surface area contributed by atoms with E-state index in [1.807, 2.05) is 13.8 Å². The van der Waals surface area contributed by atoms with E-state index in [1.54, 1.807) is 12.1 Å². The third-order valence-electron chi connectivity index (χ3n) is 4.20. The van der Waals surface area contributed by atoms with E-state index in [1.165, 1.54) is 6.42 Å². The van der Waals surface area contributed by atoms with Crippen LogP contribution < -0.4 is 5.73 Å². The smallest absolute Gasteiger partial charge is 0.335 e. The lowest BCUT2D eigenvalue weighted by atomic mass is 9.75.